The number of ether oxygens (including phenoxy) is 2. The SMILES string of the molecule is CCC(C)NC(=O)C(C)N(Cc1cccc(Cl)c1)C(=O)CN(c1ccc2c(c1)OCCO2)S(C)(=O)=O. The largest absolute Gasteiger partial charge is 0.486 e. The fourth-order valence-corrected chi connectivity index (χ4v) is 4.74. The topological polar surface area (TPSA) is 105 Å². The molecule has 2 aromatic carbocycles. The lowest BCUT2D eigenvalue weighted by Gasteiger charge is -2.32. The molecule has 0 spiro atoms. The normalized spacial score (nSPS) is 14.5. The van der Waals surface area contributed by atoms with E-state index in [0.717, 1.165) is 17.0 Å². The molecular formula is C25H32ClN3O6S. The summed E-state index contributed by atoms with van der Waals surface area (Å²) in [7, 11) is -3.85. The zero-order valence-electron chi connectivity index (χ0n) is 20.9. The van der Waals surface area contributed by atoms with Crippen molar-refractivity contribution in [2.24, 2.45) is 0 Å². The first-order valence-corrected chi connectivity index (χ1v) is 13.9. The minimum Gasteiger partial charge on any atom is -0.486 e. The molecule has 2 aromatic rings. The molecule has 36 heavy (non-hydrogen) atoms. The number of hydrogen-bond donors (Lipinski definition) is 1. The van der Waals surface area contributed by atoms with Crippen LogP contribution in [0.1, 0.15) is 32.8 Å². The standard InChI is InChI=1S/C25H32ClN3O6S/c1-5-17(2)27-25(31)18(3)28(15-19-7-6-8-20(26)13-19)24(30)16-29(36(4,32)33)21-9-10-22-23(14-21)35-12-11-34-22/h6-10,13-14,17-18H,5,11-12,15-16H2,1-4H3,(H,27,31). The highest BCUT2D eigenvalue weighted by molar-refractivity contribution is 7.92. The molecule has 0 aliphatic carbocycles. The Morgan fingerprint density at radius 3 is 2.42 bits per heavy atom. The van der Waals surface area contributed by atoms with E-state index in [0.29, 0.717) is 35.3 Å². The number of nitrogens with one attached hydrogen (secondary N) is 1. The summed E-state index contributed by atoms with van der Waals surface area (Å²) in [5.74, 6) is 0.0340. The molecule has 0 saturated heterocycles. The monoisotopic (exact) mass is 537 g/mol. The Kier molecular flexibility index (Phi) is 9.08. The van der Waals surface area contributed by atoms with E-state index < -0.39 is 28.5 Å². The van der Waals surface area contributed by atoms with Gasteiger partial charge in [0, 0.05) is 23.7 Å². The molecule has 1 N–H and O–H groups in total. The van der Waals surface area contributed by atoms with Crippen LogP contribution in [0.2, 0.25) is 5.02 Å². The van der Waals surface area contributed by atoms with Crippen LogP contribution in [0.15, 0.2) is 42.5 Å². The number of nitrogens with zero attached hydrogens (tertiary/aromatic N) is 2. The lowest BCUT2D eigenvalue weighted by molar-refractivity contribution is -0.139. The summed E-state index contributed by atoms with van der Waals surface area (Å²) in [5.41, 5.74) is 0.971. The molecule has 196 valence electrons. The van der Waals surface area contributed by atoms with Gasteiger partial charge in [0.05, 0.1) is 11.9 Å². The first kappa shape index (κ1) is 27.6. The van der Waals surface area contributed by atoms with Gasteiger partial charge in [-0.1, -0.05) is 30.7 Å². The smallest absolute Gasteiger partial charge is 0.244 e. The summed E-state index contributed by atoms with van der Waals surface area (Å²) in [4.78, 5) is 27.9. The van der Waals surface area contributed by atoms with Crippen molar-refractivity contribution in [1.82, 2.24) is 10.2 Å². The highest BCUT2D eigenvalue weighted by atomic mass is 35.5. The van der Waals surface area contributed by atoms with Crippen LogP contribution in [0.3, 0.4) is 0 Å². The van der Waals surface area contributed by atoms with Crippen molar-refractivity contribution >= 4 is 39.1 Å². The number of anilines is 1. The summed E-state index contributed by atoms with van der Waals surface area (Å²) < 4.78 is 37.6. The molecule has 3 rings (SSSR count). The first-order chi connectivity index (χ1) is 17.0. The second-order valence-electron chi connectivity index (χ2n) is 8.74. The Morgan fingerprint density at radius 1 is 1.08 bits per heavy atom. The van der Waals surface area contributed by atoms with Gasteiger partial charge < -0.3 is 19.7 Å². The summed E-state index contributed by atoms with van der Waals surface area (Å²) in [6.45, 7) is 5.76. The Labute approximate surface area is 217 Å². The minimum atomic E-state index is -3.85. The number of benzene rings is 2. The van der Waals surface area contributed by atoms with E-state index in [2.05, 4.69) is 5.32 Å². The molecule has 11 heteroatoms. The number of halogens is 1. The summed E-state index contributed by atoms with van der Waals surface area (Å²) in [5, 5.41) is 3.38. The molecule has 1 aliphatic heterocycles. The summed E-state index contributed by atoms with van der Waals surface area (Å²) in [6.07, 6.45) is 1.75. The highest BCUT2D eigenvalue weighted by Gasteiger charge is 2.31. The zero-order valence-corrected chi connectivity index (χ0v) is 22.4. The van der Waals surface area contributed by atoms with Gasteiger partial charge in [0.1, 0.15) is 25.8 Å². The average molecular weight is 538 g/mol. The molecule has 0 aromatic heterocycles. The predicted octanol–water partition coefficient (Wildman–Crippen LogP) is 3.21. The second-order valence-corrected chi connectivity index (χ2v) is 11.1. The third-order valence-corrected chi connectivity index (χ3v) is 7.28. The van der Waals surface area contributed by atoms with Crippen LogP contribution in [-0.2, 0) is 26.2 Å². The third-order valence-electron chi connectivity index (χ3n) is 5.90. The Morgan fingerprint density at radius 2 is 1.78 bits per heavy atom. The number of carbonyl (C=O) groups excluding carboxylic acids is 2. The number of amides is 2. The van der Waals surface area contributed by atoms with E-state index in [1.165, 1.54) is 11.0 Å². The van der Waals surface area contributed by atoms with Gasteiger partial charge >= 0.3 is 0 Å². The number of carbonyl (C=O) groups is 2. The van der Waals surface area contributed by atoms with Crippen LogP contribution in [0.4, 0.5) is 5.69 Å². The van der Waals surface area contributed by atoms with Gasteiger partial charge in [-0.3, -0.25) is 13.9 Å². The Bertz CT molecular complexity index is 1210. The molecule has 2 amide bonds. The molecule has 0 fully saturated rings. The van der Waals surface area contributed by atoms with Gasteiger partial charge in [-0.2, -0.15) is 0 Å². The number of sulfonamides is 1. The number of fused-ring (bicyclic) bond motifs is 1. The van der Waals surface area contributed by atoms with E-state index in [9.17, 15) is 18.0 Å². The highest BCUT2D eigenvalue weighted by Crippen LogP contribution is 2.34. The fraction of sp³-hybridized carbons (Fsp3) is 0.440. The van der Waals surface area contributed by atoms with Crippen LogP contribution in [0.5, 0.6) is 11.5 Å². The maximum absolute atomic E-state index is 13.6. The molecule has 0 saturated carbocycles. The Balaban J connectivity index is 1.91. The average Bonchev–Trinajstić information content (AvgIpc) is 2.84. The van der Waals surface area contributed by atoms with E-state index in [1.54, 1.807) is 43.3 Å². The third kappa shape index (κ3) is 7.04. The van der Waals surface area contributed by atoms with Crippen molar-refractivity contribution in [3.63, 3.8) is 0 Å². The van der Waals surface area contributed by atoms with Crippen molar-refractivity contribution in [3.8, 4) is 11.5 Å². The molecule has 1 heterocycles. The molecule has 9 nitrogen and oxygen atoms in total. The molecule has 0 radical (unpaired) electrons. The molecular weight excluding hydrogens is 506 g/mol. The molecule has 2 unspecified atom stereocenters. The lowest BCUT2D eigenvalue weighted by Crippen LogP contribution is -2.52. The van der Waals surface area contributed by atoms with E-state index >= 15 is 0 Å². The number of rotatable bonds is 10. The van der Waals surface area contributed by atoms with Crippen molar-refractivity contribution in [3.05, 3.63) is 53.1 Å². The van der Waals surface area contributed by atoms with Crippen LogP contribution in [0.25, 0.3) is 0 Å². The van der Waals surface area contributed by atoms with Crippen LogP contribution in [-0.4, -0.2) is 63.2 Å². The van der Waals surface area contributed by atoms with Crippen LogP contribution < -0.4 is 19.1 Å². The van der Waals surface area contributed by atoms with E-state index in [1.807, 2.05) is 13.8 Å². The summed E-state index contributed by atoms with van der Waals surface area (Å²) in [6, 6.07) is 10.7. The van der Waals surface area contributed by atoms with Gasteiger partial charge in [-0.05, 0) is 50.1 Å². The lowest BCUT2D eigenvalue weighted by atomic mass is 10.1. The molecule has 0 bridgehead atoms. The van der Waals surface area contributed by atoms with Gasteiger partial charge in [0.2, 0.25) is 21.8 Å². The van der Waals surface area contributed by atoms with E-state index in [-0.39, 0.29) is 24.2 Å². The predicted molar refractivity (Wildman–Crippen MR) is 139 cm³/mol. The zero-order chi connectivity index (χ0) is 26.5. The quantitative estimate of drug-likeness (QED) is 0.499. The van der Waals surface area contributed by atoms with Crippen molar-refractivity contribution < 1.29 is 27.5 Å². The van der Waals surface area contributed by atoms with Crippen LogP contribution >= 0.6 is 11.6 Å². The maximum atomic E-state index is 13.6. The Hall–Kier alpha value is -2.98. The first-order valence-electron chi connectivity index (χ1n) is 11.7. The molecule has 1 aliphatic rings. The fourth-order valence-electron chi connectivity index (χ4n) is 3.68. The molecule has 2 atom stereocenters. The van der Waals surface area contributed by atoms with E-state index in [4.69, 9.17) is 21.1 Å². The maximum Gasteiger partial charge on any atom is 0.244 e. The number of hydrogen-bond acceptors (Lipinski definition) is 6. The van der Waals surface area contributed by atoms with Gasteiger partial charge in [-0.25, -0.2) is 8.42 Å². The van der Waals surface area contributed by atoms with Crippen molar-refractivity contribution in [2.45, 2.75) is 45.8 Å². The van der Waals surface area contributed by atoms with Crippen LogP contribution in [0, 0.1) is 0 Å². The summed E-state index contributed by atoms with van der Waals surface area (Å²) >= 11 is 6.13. The van der Waals surface area contributed by atoms with Crippen molar-refractivity contribution in [1.29, 1.82) is 0 Å². The second kappa shape index (κ2) is 11.8. The van der Waals surface area contributed by atoms with Gasteiger partial charge in [0.25, 0.3) is 0 Å². The van der Waals surface area contributed by atoms with Crippen molar-refractivity contribution in [2.75, 3.05) is 30.3 Å². The minimum absolute atomic E-state index is 0.0756. The van der Waals surface area contributed by atoms with Gasteiger partial charge in [-0.15, -0.1) is 0 Å². The van der Waals surface area contributed by atoms with Gasteiger partial charge in [0.15, 0.2) is 11.5 Å².